The van der Waals surface area contributed by atoms with Crippen LogP contribution in [0.2, 0.25) is 0 Å². The average molecular weight is 386 g/mol. The van der Waals surface area contributed by atoms with Crippen LogP contribution < -0.4 is 10.9 Å². The van der Waals surface area contributed by atoms with Crippen molar-refractivity contribution in [2.75, 3.05) is 13.2 Å². The maximum atomic E-state index is 12.8. The second-order valence-corrected chi connectivity index (χ2v) is 8.20. The quantitative estimate of drug-likeness (QED) is 0.742. The first-order valence-corrected chi connectivity index (χ1v) is 10.4. The monoisotopic (exact) mass is 385 g/mol. The van der Waals surface area contributed by atoms with Crippen LogP contribution in [0.4, 0.5) is 0 Å². The zero-order valence-corrected chi connectivity index (χ0v) is 17.1. The molecule has 2 aromatic rings. The lowest BCUT2D eigenvalue weighted by Gasteiger charge is -2.28. The number of carbonyl (C=O) groups is 1. The summed E-state index contributed by atoms with van der Waals surface area (Å²) in [6.45, 7) is 7.67. The first kappa shape index (κ1) is 20.5. The molecule has 3 rings (SSSR count). The van der Waals surface area contributed by atoms with Crippen molar-refractivity contribution in [3.8, 4) is 0 Å². The van der Waals surface area contributed by atoms with Gasteiger partial charge in [-0.25, -0.2) is 4.68 Å². The zero-order valence-electron chi connectivity index (χ0n) is 17.1. The van der Waals surface area contributed by atoms with Crippen LogP contribution in [-0.4, -0.2) is 34.9 Å². The summed E-state index contributed by atoms with van der Waals surface area (Å²) in [4.78, 5) is 25.4. The summed E-state index contributed by atoms with van der Waals surface area (Å²) in [5.74, 6) is 0.566. The van der Waals surface area contributed by atoms with E-state index in [2.05, 4.69) is 17.3 Å². The Morgan fingerprint density at radius 1 is 1.25 bits per heavy atom. The van der Waals surface area contributed by atoms with Crippen LogP contribution in [-0.2, 0) is 11.3 Å². The molecule has 6 nitrogen and oxygen atoms in total. The van der Waals surface area contributed by atoms with Gasteiger partial charge in [-0.3, -0.25) is 9.59 Å². The first-order chi connectivity index (χ1) is 13.5. The van der Waals surface area contributed by atoms with E-state index in [9.17, 15) is 9.59 Å². The van der Waals surface area contributed by atoms with Crippen molar-refractivity contribution in [3.63, 3.8) is 0 Å². The Labute approximate surface area is 166 Å². The van der Waals surface area contributed by atoms with Crippen molar-refractivity contribution in [1.29, 1.82) is 0 Å². The molecule has 1 N–H and O–H groups in total. The van der Waals surface area contributed by atoms with Gasteiger partial charge in [0.25, 0.3) is 11.5 Å². The van der Waals surface area contributed by atoms with Crippen LogP contribution in [0.5, 0.6) is 0 Å². The number of benzene rings is 1. The molecule has 6 heteroatoms. The van der Waals surface area contributed by atoms with Crippen molar-refractivity contribution in [2.45, 2.75) is 59.1 Å². The Morgan fingerprint density at radius 3 is 2.68 bits per heavy atom. The van der Waals surface area contributed by atoms with E-state index in [1.807, 2.05) is 26.0 Å². The fourth-order valence-corrected chi connectivity index (χ4v) is 3.86. The van der Waals surface area contributed by atoms with Crippen molar-refractivity contribution in [2.24, 2.45) is 11.8 Å². The second-order valence-electron chi connectivity index (χ2n) is 8.20. The highest BCUT2D eigenvalue weighted by molar-refractivity contribution is 6.04. The highest BCUT2D eigenvalue weighted by Crippen LogP contribution is 2.26. The van der Waals surface area contributed by atoms with Crippen LogP contribution >= 0.6 is 0 Å². The number of nitrogens with one attached hydrogen (secondary N) is 1. The number of aromatic nitrogens is 2. The van der Waals surface area contributed by atoms with Crippen molar-refractivity contribution in [3.05, 3.63) is 40.3 Å². The summed E-state index contributed by atoms with van der Waals surface area (Å²) in [6.07, 6.45) is 5.10. The number of hydrogen-bond donors (Lipinski definition) is 1. The molecule has 152 valence electrons. The van der Waals surface area contributed by atoms with E-state index < -0.39 is 0 Å². The van der Waals surface area contributed by atoms with Gasteiger partial charge < -0.3 is 10.1 Å². The molecule has 0 radical (unpaired) electrons. The molecule has 1 amide bonds. The van der Waals surface area contributed by atoms with E-state index in [1.54, 1.807) is 12.1 Å². The fraction of sp³-hybridized carbons (Fsp3) is 0.591. The fourth-order valence-electron chi connectivity index (χ4n) is 3.86. The number of fused-ring (bicyclic) bond motifs is 1. The maximum absolute atomic E-state index is 12.8. The molecule has 2 unspecified atom stereocenters. The first-order valence-electron chi connectivity index (χ1n) is 10.4. The van der Waals surface area contributed by atoms with Crippen molar-refractivity contribution >= 4 is 16.7 Å². The number of carbonyl (C=O) groups excluding carboxylic acids is 1. The maximum Gasteiger partial charge on any atom is 0.274 e. The highest BCUT2D eigenvalue weighted by atomic mass is 16.5. The van der Waals surface area contributed by atoms with Crippen LogP contribution in [0.3, 0.4) is 0 Å². The zero-order chi connectivity index (χ0) is 20.1. The van der Waals surface area contributed by atoms with E-state index in [0.29, 0.717) is 42.1 Å². The third-order valence-electron chi connectivity index (χ3n) is 5.37. The molecule has 0 bridgehead atoms. The molecule has 1 aromatic heterocycles. The van der Waals surface area contributed by atoms with E-state index >= 15 is 0 Å². The van der Waals surface area contributed by atoms with Gasteiger partial charge in [0, 0.05) is 18.5 Å². The summed E-state index contributed by atoms with van der Waals surface area (Å²) in [7, 11) is 0. The van der Waals surface area contributed by atoms with E-state index in [-0.39, 0.29) is 23.5 Å². The van der Waals surface area contributed by atoms with Gasteiger partial charge in [-0.2, -0.15) is 5.10 Å². The van der Waals surface area contributed by atoms with Crippen molar-refractivity contribution < 1.29 is 9.53 Å². The molecule has 28 heavy (non-hydrogen) atoms. The lowest BCUT2D eigenvalue weighted by Crippen LogP contribution is -2.34. The molecule has 1 aromatic carbocycles. The Morgan fingerprint density at radius 2 is 1.96 bits per heavy atom. The average Bonchev–Trinajstić information content (AvgIpc) is 2.68. The predicted octanol–water partition coefficient (Wildman–Crippen LogP) is 3.38. The highest BCUT2D eigenvalue weighted by Gasteiger charge is 2.22. The summed E-state index contributed by atoms with van der Waals surface area (Å²) < 4.78 is 7.38. The Bertz CT molecular complexity index is 875. The smallest absolute Gasteiger partial charge is 0.274 e. The summed E-state index contributed by atoms with van der Waals surface area (Å²) in [6, 6.07) is 7.16. The van der Waals surface area contributed by atoms with E-state index in [1.165, 1.54) is 23.9 Å². The van der Waals surface area contributed by atoms with Gasteiger partial charge in [-0.05, 0) is 30.7 Å². The standard InChI is InChI=1S/C22H31N3O3/c1-15(2)14-25-22(27)18-10-6-5-9-17(18)20(24-25)21(26)23-12-13-28-19-11-7-4-8-16(19)3/h5-6,9-10,15-16,19H,4,7-8,11-14H2,1-3H3,(H,23,26). The Balaban J connectivity index is 1.70. The minimum Gasteiger partial charge on any atom is -0.376 e. The molecule has 0 spiro atoms. The molecule has 2 atom stereocenters. The number of hydrogen-bond acceptors (Lipinski definition) is 4. The minimum atomic E-state index is -0.269. The third kappa shape index (κ3) is 4.79. The molecule has 1 saturated carbocycles. The Hall–Kier alpha value is -2.21. The van der Waals surface area contributed by atoms with Gasteiger partial charge in [0.05, 0.1) is 18.1 Å². The molecule has 1 heterocycles. The third-order valence-corrected chi connectivity index (χ3v) is 5.37. The van der Waals surface area contributed by atoms with Crippen LogP contribution in [0.25, 0.3) is 10.8 Å². The summed E-state index contributed by atoms with van der Waals surface area (Å²) in [5.41, 5.74) is 0.136. The second kappa shape index (κ2) is 9.32. The van der Waals surface area contributed by atoms with Gasteiger partial charge in [-0.1, -0.05) is 51.8 Å². The molecular weight excluding hydrogens is 354 g/mol. The van der Waals surface area contributed by atoms with Gasteiger partial charge in [0.1, 0.15) is 0 Å². The minimum absolute atomic E-state index is 0.157. The predicted molar refractivity (Wildman–Crippen MR) is 111 cm³/mol. The lowest BCUT2D eigenvalue weighted by molar-refractivity contribution is -0.00295. The van der Waals surface area contributed by atoms with Crippen LogP contribution in [0.15, 0.2) is 29.1 Å². The van der Waals surface area contributed by atoms with Gasteiger partial charge in [0.15, 0.2) is 5.69 Å². The largest absolute Gasteiger partial charge is 0.376 e. The molecular formula is C22H31N3O3. The van der Waals surface area contributed by atoms with Gasteiger partial charge in [0.2, 0.25) is 0 Å². The molecule has 1 aliphatic carbocycles. The summed E-state index contributed by atoms with van der Waals surface area (Å²) in [5, 5.41) is 8.39. The number of ether oxygens (including phenoxy) is 1. The number of amides is 1. The molecule has 0 saturated heterocycles. The summed E-state index contributed by atoms with van der Waals surface area (Å²) >= 11 is 0. The SMILES string of the molecule is CC(C)Cn1nc(C(=O)NCCOC2CCCCC2C)c2ccccc2c1=O. The van der Waals surface area contributed by atoms with Crippen LogP contribution in [0.1, 0.15) is 56.9 Å². The molecule has 1 aliphatic rings. The van der Waals surface area contributed by atoms with Crippen LogP contribution in [0, 0.1) is 11.8 Å². The van der Waals surface area contributed by atoms with E-state index in [4.69, 9.17) is 4.74 Å². The topological polar surface area (TPSA) is 73.2 Å². The Kier molecular flexibility index (Phi) is 6.83. The van der Waals surface area contributed by atoms with E-state index in [0.717, 1.165) is 6.42 Å². The molecule has 0 aliphatic heterocycles. The lowest BCUT2D eigenvalue weighted by atomic mass is 9.88. The van der Waals surface area contributed by atoms with Gasteiger partial charge >= 0.3 is 0 Å². The van der Waals surface area contributed by atoms with Gasteiger partial charge in [-0.15, -0.1) is 0 Å². The van der Waals surface area contributed by atoms with Crippen molar-refractivity contribution in [1.82, 2.24) is 15.1 Å². The normalized spacial score (nSPS) is 19.9. The number of nitrogens with zero attached hydrogens (tertiary/aromatic N) is 2. The molecule has 1 fully saturated rings. The number of rotatable bonds is 7.